The SMILES string of the molecule is C=N/C=C\N(CC)CC(Cc1ccc2c(c1)OCCO2)NC(=O)CCCOc1ccc(F)cc1. The van der Waals surface area contributed by atoms with Gasteiger partial charge in [0.15, 0.2) is 11.5 Å². The quantitative estimate of drug-likeness (QED) is 0.355. The number of aliphatic imine (C=N–C) groups is 1. The molecular formula is C26H32FN3O4. The molecule has 0 saturated heterocycles. The molecular weight excluding hydrogens is 437 g/mol. The Labute approximate surface area is 200 Å². The number of halogens is 1. The highest BCUT2D eigenvalue weighted by Crippen LogP contribution is 2.31. The monoisotopic (exact) mass is 469 g/mol. The summed E-state index contributed by atoms with van der Waals surface area (Å²) in [5.74, 6) is 1.70. The van der Waals surface area contributed by atoms with E-state index in [1.165, 1.54) is 12.1 Å². The largest absolute Gasteiger partial charge is 0.494 e. The number of rotatable bonds is 13. The van der Waals surface area contributed by atoms with Crippen molar-refractivity contribution in [2.24, 2.45) is 4.99 Å². The van der Waals surface area contributed by atoms with Crippen molar-refractivity contribution in [2.45, 2.75) is 32.2 Å². The molecule has 182 valence electrons. The summed E-state index contributed by atoms with van der Waals surface area (Å²) >= 11 is 0. The summed E-state index contributed by atoms with van der Waals surface area (Å²) in [6, 6.07) is 11.6. The molecule has 1 aliphatic heterocycles. The van der Waals surface area contributed by atoms with Crippen LogP contribution in [0.2, 0.25) is 0 Å². The maximum atomic E-state index is 13.0. The van der Waals surface area contributed by atoms with Crippen LogP contribution >= 0.6 is 0 Å². The Kier molecular flexibility index (Phi) is 9.76. The number of amides is 1. The lowest BCUT2D eigenvalue weighted by molar-refractivity contribution is -0.122. The number of hydrogen-bond acceptors (Lipinski definition) is 6. The summed E-state index contributed by atoms with van der Waals surface area (Å²) in [6.45, 7) is 8.36. The summed E-state index contributed by atoms with van der Waals surface area (Å²) in [5.41, 5.74) is 1.05. The van der Waals surface area contributed by atoms with E-state index in [4.69, 9.17) is 14.2 Å². The highest BCUT2D eigenvalue weighted by molar-refractivity contribution is 5.76. The van der Waals surface area contributed by atoms with E-state index in [0.717, 1.165) is 23.6 Å². The highest BCUT2D eigenvalue weighted by Gasteiger charge is 2.18. The summed E-state index contributed by atoms with van der Waals surface area (Å²) in [5, 5.41) is 3.15. The van der Waals surface area contributed by atoms with Gasteiger partial charge in [-0.25, -0.2) is 4.39 Å². The molecule has 3 rings (SSSR count). The fraction of sp³-hybridized carbons (Fsp3) is 0.385. The summed E-state index contributed by atoms with van der Waals surface area (Å²) in [7, 11) is 0. The van der Waals surface area contributed by atoms with Crippen molar-refractivity contribution in [3.8, 4) is 17.2 Å². The van der Waals surface area contributed by atoms with E-state index < -0.39 is 0 Å². The molecule has 0 aliphatic carbocycles. The first-order valence-electron chi connectivity index (χ1n) is 11.5. The van der Waals surface area contributed by atoms with Crippen LogP contribution in [-0.4, -0.2) is 56.5 Å². The lowest BCUT2D eigenvalue weighted by Crippen LogP contribution is -2.43. The van der Waals surface area contributed by atoms with Gasteiger partial charge in [0.1, 0.15) is 24.8 Å². The van der Waals surface area contributed by atoms with Crippen LogP contribution < -0.4 is 19.5 Å². The molecule has 0 spiro atoms. The van der Waals surface area contributed by atoms with Crippen LogP contribution in [0.15, 0.2) is 59.9 Å². The van der Waals surface area contributed by atoms with Crippen LogP contribution in [-0.2, 0) is 11.2 Å². The lowest BCUT2D eigenvalue weighted by Gasteiger charge is -2.27. The third-order valence-corrected chi connectivity index (χ3v) is 5.33. The van der Waals surface area contributed by atoms with Crippen LogP contribution in [0.3, 0.4) is 0 Å². The number of carbonyl (C=O) groups excluding carboxylic acids is 1. The Balaban J connectivity index is 1.57. The minimum atomic E-state index is -0.310. The Hall–Kier alpha value is -3.55. The van der Waals surface area contributed by atoms with Crippen LogP contribution in [0.1, 0.15) is 25.3 Å². The topological polar surface area (TPSA) is 72.4 Å². The van der Waals surface area contributed by atoms with E-state index in [1.807, 2.05) is 31.3 Å². The molecule has 34 heavy (non-hydrogen) atoms. The van der Waals surface area contributed by atoms with Crippen molar-refractivity contribution in [3.63, 3.8) is 0 Å². The van der Waals surface area contributed by atoms with Crippen molar-refractivity contribution in [1.29, 1.82) is 0 Å². The predicted molar refractivity (Wildman–Crippen MR) is 130 cm³/mol. The van der Waals surface area contributed by atoms with Crippen molar-refractivity contribution < 1.29 is 23.4 Å². The maximum Gasteiger partial charge on any atom is 0.220 e. The van der Waals surface area contributed by atoms with Crippen LogP contribution in [0.5, 0.6) is 17.2 Å². The van der Waals surface area contributed by atoms with Gasteiger partial charge in [-0.05, 0) is 68.4 Å². The number of likely N-dealkylation sites (N-methyl/N-ethyl adjacent to an activating group) is 1. The average Bonchev–Trinajstić information content (AvgIpc) is 2.85. The molecule has 2 aromatic carbocycles. The number of hydrogen-bond donors (Lipinski definition) is 1. The van der Waals surface area contributed by atoms with Gasteiger partial charge in [-0.15, -0.1) is 0 Å². The molecule has 0 fully saturated rings. The predicted octanol–water partition coefficient (Wildman–Crippen LogP) is 3.98. The van der Waals surface area contributed by atoms with Gasteiger partial charge < -0.3 is 24.4 Å². The van der Waals surface area contributed by atoms with Gasteiger partial charge in [-0.1, -0.05) is 6.07 Å². The minimum absolute atomic E-state index is 0.0490. The van der Waals surface area contributed by atoms with Gasteiger partial charge in [0.25, 0.3) is 0 Å². The highest BCUT2D eigenvalue weighted by atomic mass is 19.1. The zero-order valence-corrected chi connectivity index (χ0v) is 19.5. The van der Waals surface area contributed by atoms with Crippen molar-refractivity contribution in [3.05, 3.63) is 66.2 Å². The number of nitrogens with one attached hydrogen (secondary N) is 1. The first kappa shape index (κ1) is 25.1. The van der Waals surface area contributed by atoms with Crippen molar-refractivity contribution in [2.75, 3.05) is 32.9 Å². The van der Waals surface area contributed by atoms with Gasteiger partial charge >= 0.3 is 0 Å². The van der Waals surface area contributed by atoms with E-state index in [0.29, 0.717) is 51.4 Å². The number of carbonyl (C=O) groups is 1. The number of benzene rings is 2. The molecule has 8 heteroatoms. The van der Waals surface area contributed by atoms with Crippen LogP contribution in [0.4, 0.5) is 4.39 Å². The van der Waals surface area contributed by atoms with Gasteiger partial charge in [0, 0.05) is 31.9 Å². The normalized spacial score (nSPS) is 13.4. The molecule has 2 aromatic rings. The Morgan fingerprint density at radius 2 is 2.00 bits per heavy atom. The molecule has 7 nitrogen and oxygen atoms in total. The fourth-order valence-electron chi connectivity index (χ4n) is 3.63. The third kappa shape index (κ3) is 8.10. The first-order valence-corrected chi connectivity index (χ1v) is 11.5. The van der Waals surface area contributed by atoms with Crippen LogP contribution in [0, 0.1) is 5.82 Å². The Morgan fingerprint density at radius 1 is 1.24 bits per heavy atom. The molecule has 0 bridgehead atoms. The van der Waals surface area contributed by atoms with E-state index in [2.05, 4.69) is 21.9 Å². The number of ether oxygens (including phenoxy) is 3. The summed E-state index contributed by atoms with van der Waals surface area (Å²) < 4.78 is 29.9. The molecule has 1 atom stereocenters. The second-order valence-corrected chi connectivity index (χ2v) is 7.92. The molecule has 1 N–H and O–H groups in total. The Morgan fingerprint density at radius 3 is 2.74 bits per heavy atom. The zero-order valence-electron chi connectivity index (χ0n) is 19.5. The standard InChI is InChI=1S/C26H32FN3O4/c1-3-30(13-12-28-2)19-22(17-20-6-11-24-25(18-20)34-16-15-33-24)29-26(31)5-4-14-32-23-9-7-21(27)8-10-23/h6-13,18,22H,2-5,14-17,19H2,1H3,(H,29,31)/b13-12-. The van der Waals surface area contributed by atoms with Gasteiger partial charge in [-0.2, -0.15) is 0 Å². The molecule has 0 saturated carbocycles. The smallest absolute Gasteiger partial charge is 0.220 e. The van der Waals surface area contributed by atoms with E-state index >= 15 is 0 Å². The molecule has 1 heterocycles. The van der Waals surface area contributed by atoms with E-state index in [9.17, 15) is 9.18 Å². The summed E-state index contributed by atoms with van der Waals surface area (Å²) in [6.07, 6.45) is 5.03. The van der Waals surface area contributed by atoms with Gasteiger partial charge in [-0.3, -0.25) is 9.79 Å². The summed E-state index contributed by atoms with van der Waals surface area (Å²) in [4.78, 5) is 18.5. The minimum Gasteiger partial charge on any atom is -0.494 e. The molecule has 1 aliphatic rings. The van der Waals surface area contributed by atoms with E-state index in [-0.39, 0.29) is 17.8 Å². The Bertz CT molecular complexity index is 965. The van der Waals surface area contributed by atoms with Gasteiger partial charge in [0.05, 0.1) is 12.6 Å². The van der Waals surface area contributed by atoms with Gasteiger partial charge in [0.2, 0.25) is 5.91 Å². The second kappa shape index (κ2) is 13.2. The molecule has 1 amide bonds. The second-order valence-electron chi connectivity index (χ2n) is 7.92. The van der Waals surface area contributed by atoms with E-state index in [1.54, 1.807) is 18.3 Å². The van der Waals surface area contributed by atoms with Crippen LogP contribution in [0.25, 0.3) is 0 Å². The lowest BCUT2D eigenvalue weighted by atomic mass is 10.0. The fourth-order valence-corrected chi connectivity index (χ4v) is 3.63. The molecule has 1 unspecified atom stereocenters. The average molecular weight is 470 g/mol. The third-order valence-electron chi connectivity index (χ3n) is 5.33. The molecule has 0 aromatic heterocycles. The maximum absolute atomic E-state index is 13.0. The number of fused-ring (bicyclic) bond motifs is 1. The number of nitrogens with zero attached hydrogens (tertiary/aromatic N) is 2. The van der Waals surface area contributed by atoms with Crippen molar-refractivity contribution in [1.82, 2.24) is 10.2 Å². The molecule has 0 radical (unpaired) electrons. The zero-order chi connectivity index (χ0) is 24.2. The van der Waals surface area contributed by atoms with Crippen molar-refractivity contribution >= 4 is 12.6 Å². The first-order chi connectivity index (χ1) is 16.6.